The summed E-state index contributed by atoms with van der Waals surface area (Å²) in [5.74, 6) is 2.05. The van der Waals surface area contributed by atoms with Gasteiger partial charge in [-0.2, -0.15) is 0 Å². The molecule has 0 unspecified atom stereocenters. The monoisotopic (exact) mass is 290 g/mol. The molecule has 5 heteroatoms. The predicted molar refractivity (Wildman–Crippen MR) is 64.7 cm³/mol. The first-order chi connectivity index (χ1) is 7.78. The first-order valence-electron chi connectivity index (χ1n) is 4.70. The summed E-state index contributed by atoms with van der Waals surface area (Å²) in [5, 5.41) is 0.617. The highest BCUT2D eigenvalue weighted by Gasteiger charge is 2.15. The molecular formula is C11H15BrO4. The molecule has 0 fully saturated rings. The minimum Gasteiger partial charge on any atom is -0.496 e. The zero-order chi connectivity index (χ0) is 12.0. The Morgan fingerprint density at radius 1 is 1.06 bits per heavy atom. The molecule has 0 aliphatic heterocycles. The zero-order valence-electron chi connectivity index (χ0n) is 9.58. The molecule has 0 radical (unpaired) electrons. The lowest BCUT2D eigenvalue weighted by molar-refractivity contribution is 0.0484. The molecule has 90 valence electrons. The lowest BCUT2D eigenvalue weighted by Gasteiger charge is -2.15. The van der Waals surface area contributed by atoms with Crippen molar-refractivity contribution in [2.45, 2.75) is 5.33 Å². The van der Waals surface area contributed by atoms with Crippen LogP contribution in [0.15, 0.2) is 12.1 Å². The number of benzene rings is 1. The van der Waals surface area contributed by atoms with E-state index in [4.69, 9.17) is 18.9 Å². The van der Waals surface area contributed by atoms with E-state index in [2.05, 4.69) is 15.9 Å². The third kappa shape index (κ3) is 2.80. The van der Waals surface area contributed by atoms with E-state index in [1.165, 1.54) is 0 Å². The first-order valence-corrected chi connectivity index (χ1v) is 5.82. The Hall–Kier alpha value is -0.940. The van der Waals surface area contributed by atoms with Crippen molar-refractivity contribution in [1.82, 2.24) is 0 Å². The van der Waals surface area contributed by atoms with Crippen LogP contribution in [0.4, 0.5) is 0 Å². The Labute approximate surface area is 104 Å². The number of methoxy groups -OCH3 is 3. The van der Waals surface area contributed by atoms with Gasteiger partial charge in [0.2, 0.25) is 0 Å². The van der Waals surface area contributed by atoms with Crippen LogP contribution in [0.3, 0.4) is 0 Å². The van der Waals surface area contributed by atoms with Crippen molar-refractivity contribution in [1.29, 1.82) is 0 Å². The van der Waals surface area contributed by atoms with Crippen LogP contribution in [0.2, 0.25) is 0 Å². The number of hydrogen-bond acceptors (Lipinski definition) is 4. The van der Waals surface area contributed by atoms with Crippen LogP contribution in [0, 0.1) is 0 Å². The molecule has 0 aromatic heterocycles. The van der Waals surface area contributed by atoms with Gasteiger partial charge in [0.25, 0.3) is 0 Å². The Morgan fingerprint density at radius 3 is 2.19 bits per heavy atom. The van der Waals surface area contributed by atoms with Crippen molar-refractivity contribution in [3.05, 3.63) is 17.7 Å². The van der Waals surface area contributed by atoms with Gasteiger partial charge in [-0.05, 0) is 12.1 Å². The molecule has 0 heterocycles. The summed E-state index contributed by atoms with van der Waals surface area (Å²) in [6.07, 6.45) is 0. The highest BCUT2D eigenvalue weighted by Crippen LogP contribution is 2.38. The normalized spacial score (nSPS) is 10.0. The van der Waals surface area contributed by atoms with Gasteiger partial charge >= 0.3 is 0 Å². The fraction of sp³-hybridized carbons (Fsp3) is 0.455. The van der Waals surface area contributed by atoms with Crippen molar-refractivity contribution in [2.24, 2.45) is 0 Å². The van der Waals surface area contributed by atoms with Gasteiger partial charge in [-0.15, -0.1) is 0 Å². The van der Waals surface area contributed by atoms with Crippen LogP contribution in [0.5, 0.6) is 17.2 Å². The van der Waals surface area contributed by atoms with Crippen molar-refractivity contribution in [3.8, 4) is 17.2 Å². The molecule has 0 N–H and O–H groups in total. The van der Waals surface area contributed by atoms with Crippen LogP contribution in [0.25, 0.3) is 0 Å². The Morgan fingerprint density at radius 2 is 1.69 bits per heavy atom. The summed E-state index contributed by atoms with van der Waals surface area (Å²) in [4.78, 5) is 0. The molecule has 0 atom stereocenters. The van der Waals surface area contributed by atoms with Gasteiger partial charge in [-0.3, -0.25) is 0 Å². The molecule has 4 nitrogen and oxygen atoms in total. The summed E-state index contributed by atoms with van der Waals surface area (Å²) < 4.78 is 20.8. The number of alkyl halides is 1. The molecule has 0 aliphatic carbocycles. The molecule has 1 rings (SSSR count). The second-order valence-corrected chi connectivity index (χ2v) is 3.52. The molecule has 1 aromatic carbocycles. The minimum absolute atomic E-state index is 0.170. The molecule has 0 saturated carbocycles. The Bertz CT molecular complexity index is 341. The number of halogens is 1. The third-order valence-corrected chi connectivity index (χ3v) is 2.64. The highest BCUT2D eigenvalue weighted by molar-refractivity contribution is 9.08. The standard InChI is InChI=1S/C11H15BrO4/c1-13-7-16-11-8(6-12)9(14-2)4-5-10(11)15-3/h4-5H,6-7H2,1-3H3. The van der Waals surface area contributed by atoms with E-state index in [9.17, 15) is 0 Å². The minimum atomic E-state index is 0.170. The molecule has 0 bridgehead atoms. The highest BCUT2D eigenvalue weighted by atomic mass is 79.9. The summed E-state index contributed by atoms with van der Waals surface area (Å²) in [6.45, 7) is 0.170. The van der Waals surface area contributed by atoms with E-state index in [-0.39, 0.29) is 6.79 Å². The Balaban J connectivity index is 3.14. The second-order valence-electron chi connectivity index (χ2n) is 2.96. The topological polar surface area (TPSA) is 36.9 Å². The van der Waals surface area contributed by atoms with Crippen molar-refractivity contribution in [3.63, 3.8) is 0 Å². The fourth-order valence-electron chi connectivity index (χ4n) is 1.34. The van der Waals surface area contributed by atoms with Gasteiger partial charge < -0.3 is 18.9 Å². The third-order valence-electron chi connectivity index (χ3n) is 2.08. The van der Waals surface area contributed by atoms with Crippen LogP contribution < -0.4 is 14.2 Å². The van der Waals surface area contributed by atoms with Crippen molar-refractivity contribution < 1.29 is 18.9 Å². The number of ether oxygens (including phenoxy) is 4. The van der Waals surface area contributed by atoms with Gasteiger partial charge in [0.1, 0.15) is 5.75 Å². The molecule has 0 saturated heterocycles. The zero-order valence-corrected chi connectivity index (χ0v) is 11.2. The van der Waals surface area contributed by atoms with Gasteiger partial charge in [-0.1, -0.05) is 15.9 Å². The Kier molecular flexibility index (Phi) is 5.42. The van der Waals surface area contributed by atoms with Crippen molar-refractivity contribution >= 4 is 15.9 Å². The molecule has 16 heavy (non-hydrogen) atoms. The molecule has 1 aromatic rings. The maximum atomic E-state index is 5.48. The summed E-state index contributed by atoms with van der Waals surface area (Å²) in [5.41, 5.74) is 0.902. The largest absolute Gasteiger partial charge is 0.496 e. The quantitative estimate of drug-likeness (QED) is 0.596. The number of hydrogen-bond donors (Lipinski definition) is 0. The maximum absolute atomic E-state index is 5.48. The second kappa shape index (κ2) is 6.60. The lowest BCUT2D eigenvalue weighted by atomic mass is 10.2. The molecule has 0 aliphatic rings. The van der Waals surface area contributed by atoms with Crippen LogP contribution in [-0.4, -0.2) is 28.1 Å². The fourth-order valence-corrected chi connectivity index (χ4v) is 1.87. The van der Waals surface area contributed by atoms with E-state index >= 15 is 0 Å². The van der Waals surface area contributed by atoms with Gasteiger partial charge in [0.15, 0.2) is 18.3 Å². The van der Waals surface area contributed by atoms with Crippen LogP contribution >= 0.6 is 15.9 Å². The lowest BCUT2D eigenvalue weighted by Crippen LogP contribution is -2.04. The molecular weight excluding hydrogens is 276 g/mol. The van der Waals surface area contributed by atoms with Gasteiger partial charge in [0, 0.05) is 12.4 Å². The van der Waals surface area contributed by atoms with E-state index < -0.39 is 0 Å². The van der Waals surface area contributed by atoms with Crippen molar-refractivity contribution in [2.75, 3.05) is 28.1 Å². The van der Waals surface area contributed by atoms with Gasteiger partial charge in [-0.25, -0.2) is 0 Å². The average molecular weight is 291 g/mol. The summed E-state index contributed by atoms with van der Waals surface area (Å²) in [6, 6.07) is 3.64. The number of rotatable bonds is 6. The SMILES string of the molecule is COCOc1c(OC)ccc(OC)c1CBr. The van der Waals surface area contributed by atoms with Gasteiger partial charge in [0.05, 0.1) is 19.8 Å². The predicted octanol–water partition coefficient (Wildman–Crippen LogP) is 2.58. The summed E-state index contributed by atoms with van der Waals surface area (Å²) >= 11 is 3.40. The smallest absolute Gasteiger partial charge is 0.188 e. The maximum Gasteiger partial charge on any atom is 0.188 e. The van der Waals surface area contributed by atoms with E-state index in [0.717, 1.165) is 11.3 Å². The van der Waals surface area contributed by atoms with E-state index in [1.807, 2.05) is 6.07 Å². The average Bonchev–Trinajstić information content (AvgIpc) is 2.34. The van der Waals surface area contributed by atoms with E-state index in [0.29, 0.717) is 16.8 Å². The van der Waals surface area contributed by atoms with Crippen LogP contribution in [0.1, 0.15) is 5.56 Å². The molecule has 0 spiro atoms. The summed E-state index contributed by atoms with van der Waals surface area (Å²) in [7, 11) is 4.79. The first kappa shape index (κ1) is 13.1. The molecule has 0 amide bonds. The van der Waals surface area contributed by atoms with Crippen LogP contribution in [-0.2, 0) is 10.1 Å². The van der Waals surface area contributed by atoms with E-state index in [1.54, 1.807) is 27.4 Å².